The van der Waals surface area contributed by atoms with Crippen LogP contribution < -0.4 is 4.90 Å². The fourth-order valence-electron chi connectivity index (χ4n) is 6.17. The molecule has 1 aliphatic carbocycles. The van der Waals surface area contributed by atoms with Gasteiger partial charge in [-0.25, -0.2) is 4.98 Å². The lowest BCUT2D eigenvalue weighted by Crippen LogP contribution is -2.79. The monoisotopic (exact) mass is 399 g/mol. The van der Waals surface area contributed by atoms with Crippen molar-refractivity contribution in [1.82, 2.24) is 9.88 Å². The maximum atomic E-state index is 11.9. The molecule has 1 saturated heterocycles. The summed E-state index contributed by atoms with van der Waals surface area (Å²) in [6, 6.07) is 14.1. The van der Waals surface area contributed by atoms with Gasteiger partial charge in [-0.3, -0.25) is 4.90 Å². The van der Waals surface area contributed by atoms with Crippen molar-refractivity contribution in [2.24, 2.45) is 10.8 Å². The number of anilines is 1. The molecule has 0 amide bonds. The first-order valence-corrected chi connectivity index (χ1v) is 10.5. The molecule has 0 spiro atoms. The van der Waals surface area contributed by atoms with Crippen LogP contribution in [0.2, 0.25) is 5.02 Å². The van der Waals surface area contributed by atoms with E-state index in [1.165, 1.54) is 0 Å². The van der Waals surface area contributed by atoms with Crippen LogP contribution in [0.5, 0.6) is 0 Å². The van der Waals surface area contributed by atoms with E-state index in [9.17, 15) is 5.11 Å². The van der Waals surface area contributed by atoms with Crippen LogP contribution >= 0.6 is 11.6 Å². The smallest absolute Gasteiger partial charge is 0.128 e. The molecule has 0 unspecified atom stereocenters. The number of rotatable bonds is 3. The molecule has 4 rings (SSSR count). The summed E-state index contributed by atoms with van der Waals surface area (Å²) >= 11 is 6.24. The normalized spacial score (nSPS) is 29.4. The molecule has 2 aromatic rings. The van der Waals surface area contributed by atoms with Gasteiger partial charge < -0.3 is 10.0 Å². The van der Waals surface area contributed by atoms with Crippen LogP contribution in [0.3, 0.4) is 0 Å². The molecule has 2 fully saturated rings. The SMILES string of the molecule is CC1(C)[C@H](N2CCN(c3ccccn3)CC2)C(C)(C)[C@@]1(O)c1cccc(Cl)c1. The molecule has 2 heterocycles. The summed E-state index contributed by atoms with van der Waals surface area (Å²) in [5, 5.41) is 12.6. The lowest BCUT2D eigenvalue weighted by molar-refractivity contribution is -0.307. The van der Waals surface area contributed by atoms with E-state index in [-0.39, 0.29) is 16.9 Å². The summed E-state index contributed by atoms with van der Waals surface area (Å²) < 4.78 is 0. The van der Waals surface area contributed by atoms with Crippen LogP contribution in [0.1, 0.15) is 33.3 Å². The topological polar surface area (TPSA) is 39.6 Å². The van der Waals surface area contributed by atoms with Crippen molar-refractivity contribution in [3.05, 3.63) is 59.2 Å². The Hall–Kier alpha value is -1.62. The quantitative estimate of drug-likeness (QED) is 0.840. The minimum atomic E-state index is -0.923. The second-order valence-corrected chi connectivity index (χ2v) is 9.71. The average molecular weight is 400 g/mol. The third kappa shape index (κ3) is 2.69. The van der Waals surface area contributed by atoms with Crippen molar-refractivity contribution in [2.75, 3.05) is 31.1 Å². The first kappa shape index (κ1) is 19.7. The number of hydrogen-bond donors (Lipinski definition) is 1. The maximum Gasteiger partial charge on any atom is 0.128 e. The highest BCUT2D eigenvalue weighted by atomic mass is 35.5. The lowest BCUT2D eigenvalue weighted by atomic mass is 9.39. The average Bonchev–Trinajstić information content (AvgIpc) is 2.68. The number of pyridine rings is 1. The molecule has 0 atom stereocenters. The van der Waals surface area contributed by atoms with Crippen molar-refractivity contribution >= 4 is 17.4 Å². The summed E-state index contributed by atoms with van der Waals surface area (Å²) in [5.41, 5.74) is -0.575. The van der Waals surface area contributed by atoms with Crippen LogP contribution in [0, 0.1) is 10.8 Å². The highest BCUT2D eigenvalue weighted by Crippen LogP contribution is 2.68. The Balaban J connectivity index is 1.55. The molecule has 0 bridgehead atoms. The highest BCUT2D eigenvalue weighted by Gasteiger charge is 2.73. The third-order valence-corrected chi connectivity index (χ3v) is 7.36. The third-order valence-electron chi connectivity index (χ3n) is 7.13. The molecular formula is C23H30ClN3O. The second-order valence-electron chi connectivity index (χ2n) is 9.28. The van der Waals surface area contributed by atoms with Gasteiger partial charge >= 0.3 is 0 Å². The number of hydrogen-bond acceptors (Lipinski definition) is 4. The summed E-state index contributed by atoms with van der Waals surface area (Å²) in [7, 11) is 0. The zero-order valence-electron chi connectivity index (χ0n) is 17.2. The highest BCUT2D eigenvalue weighted by molar-refractivity contribution is 6.30. The largest absolute Gasteiger partial charge is 0.384 e. The van der Waals surface area contributed by atoms with E-state index in [4.69, 9.17) is 11.6 Å². The summed E-state index contributed by atoms with van der Waals surface area (Å²) in [4.78, 5) is 9.39. The number of piperazine rings is 1. The van der Waals surface area contributed by atoms with E-state index in [2.05, 4.69) is 48.5 Å². The second kappa shape index (κ2) is 6.72. The Morgan fingerprint density at radius 3 is 2.21 bits per heavy atom. The van der Waals surface area contributed by atoms with Crippen molar-refractivity contribution in [3.8, 4) is 0 Å². The minimum Gasteiger partial charge on any atom is -0.384 e. The molecule has 1 aliphatic heterocycles. The molecular weight excluding hydrogens is 370 g/mol. The Morgan fingerprint density at radius 2 is 1.64 bits per heavy atom. The molecule has 1 aromatic carbocycles. The van der Waals surface area contributed by atoms with Gasteiger partial charge in [-0.2, -0.15) is 0 Å². The van der Waals surface area contributed by atoms with Crippen molar-refractivity contribution in [2.45, 2.75) is 39.3 Å². The first-order valence-electron chi connectivity index (χ1n) is 10.1. The number of halogens is 1. The van der Waals surface area contributed by atoms with Crippen molar-refractivity contribution in [3.63, 3.8) is 0 Å². The van der Waals surface area contributed by atoms with Crippen LogP contribution in [0.15, 0.2) is 48.7 Å². The number of aliphatic hydroxyl groups is 1. The summed E-state index contributed by atoms with van der Waals surface area (Å²) in [5.74, 6) is 1.05. The predicted molar refractivity (Wildman–Crippen MR) is 115 cm³/mol. The van der Waals surface area contributed by atoms with Gasteiger partial charge in [0.05, 0.1) is 0 Å². The van der Waals surface area contributed by atoms with Crippen LogP contribution in [0.4, 0.5) is 5.82 Å². The Labute approximate surface area is 173 Å². The van der Waals surface area contributed by atoms with Crippen LogP contribution in [0.25, 0.3) is 0 Å². The fraction of sp³-hybridized carbons (Fsp3) is 0.522. The Bertz CT molecular complexity index is 828. The number of aromatic nitrogens is 1. The summed E-state index contributed by atoms with van der Waals surface area (Å²) in [6.07, 6.45) is 1.85. The van der Waals surface area contributed by atoms with E-state index in [0.29, 0.717) is 5.02 Å². The number of benzene rings is 1. The minimum absolute atomic E-state index is 0.283. The van der Waals surface area contributed by atoms with Gasteiger partial charge in [-0.15, -0.1) is 0 Å². The van der Waals surface area contributed by atoms with E-state index in [0.717, 1.165) is 37.6 Å². The number of nitrogens with zero attached hydrogens (tertiary/aromatic N) is 3. The standard InChI is InChI=1S/C23H30ClN3O/c1-21(2)20(22(3,4)23(21,28)17-8-7-9-18(24)16-17)27-14-12-26(13-15-27)19-10-5-6-11-25-19/h5-11,16,20,28H,12-15H2,1-4H3/t20-,23+. The lowest BCUT2D eigenvalue weighted by Gasteiger charge is -2.72. The van der Waals surface area contributed by atoms with E-state index in [1.807, 2.05) is 42.6 Å². The van der Waals surface area contributed by atoms with Gasteiger partial charge in [0, 0.05) is 54.3 Å². The molecule has 4 nitrogen and oxygen atoms in total. The summed E-state index contributed by atoms with van der Waals surface area (Å²) in [6.45, 7) is 12.6. The van der Waals surface area contributed by atoms with E-state index < -0.39 is 5.60 Å². The van der Waals surface area contributed by atoms with E-state index >= 15 is 0 Å². The zero-order chi connectivity index (χ0) is 20.2. The van der Waals surface area contributed by atoms with Crippen molar-refractivity contribution < 1.29 is 5.11 Å². The fourth-order valence-corrected chi connectivity index (χ4v) is 6.36. The first-order chi connectivity index (χ1) is 13.2. The zero-order valence-corrected chi connectivity index (χ0v) is 17.9. The van der Waals surface area contributed by atoms with Gasteiger partial charge in [-0.05, 0) is 29.8 Å². The van der Waals surface area contributed by atoms with E-state index in [1.54, 1.807) is 0 Å². The molecule has 0 radical (unpaired) electrons. The van der Waals surface area contributed by atoms with Gasteiger partial charge in [-0.1, -0.05) is 57.5 Å². The molecule has 1 aromatic heterocycles. The Morgan fingerprint density at radius 1 is 0.964 bits per heavy atom. The van der Waals surface area contributed by atoms with Gasteiger partial charge in [0.1, 0.15) is 11.4 Å². The molecule has 5 heteroatoms. The van der Waals surface area contributed by atoms with Gasteiger partial charge in [0.25, 0.3) is 0 Å². The Kier molecular flexibility index (Phi) is 4.72. The van der Waals surface area contributed by atoms with Gasteiger partial charge in [0.2, 0.25) is 0 Å². The molecule has 1 saturated carbocycles. The van der Waals surface area contributed by atoms with Crippen LogP contribution in [-0.2, 0) is 5.60 Å². The molecule has 1 N–H and O–H groups in total. The maximum absolute atomic E-state index is 11.9. The van der Waals surface area contributed by atoms with Gasteiger partial charge in [0.15, 0.2) is 0 Å². The van der Waals surface area contributed by atoms with Crippen molar-refractivity contribution in [1.29, 1.82) is 0 Å². The van der Waals surface area contributed by atoms with Crippen LogP contribution in [-0.4, -0.2) is 47.2 Å². The molecule has 150 valence electrons. The molecule has 28 heavy (non-hydrogen) atoms. The predicted octanol–water partition coefficient (Wildman–Crippen LogP) is 4.18. The molecule has 2 aliphatic rings.